The SMILES string of the molecule is NCC1CCCN1C(=O)c1ccc(C2SCCS2)cc1. The van der Waals surface area contributed by atoms with E-state index in [-0.39, 0.29) is 11.9 Å². The van der Waals surface area contributed by atoms with Crippen LogP contribution in [0, 0.1) is 0 Å². The molecule has 0 bridgehead atoms. The van der Waals surface area contributed by atoms with Crippen molar-refractivity contribution in [2.75, 3.05) is 24.6 Å². The molecule has 2 fully saturated rings. The first kappa shape index (κ1) is 14.3. The van der Waals surface area contributed by atoms with E-state index in [1.165, 1.54) is 17.1 Å². The Kier molecular flexibility index (Phi) is 4.58. The van der Waals surface area contributed by atoms with Crippen molar-refractivity contribution < 1.29 is 4.79 Å². The van der Waals surface area contributed by atoms with Gasteiger partial charge in [0, 0.05) is 36.2 Å². The lowest BCUT2D eigenvalue weighted by Gasteiger charge is -2.23. The van der Waals surface area contributed by atoms with Gasteiger partial charge in [-0.25, -0.2) is 0 Å². The highest BCUT2D eigenvalue weighted by Gasteiger charge is 2.28. The van der Waals surface area contributed by atoms with Crippen LogP contribution in [0.4, 0.5) is 0 Å². The predicted octanol–water partition coefficient (Wildman–Crippen LogP) is 2.73. The van der Waals surface area contributed by atoms with Gasteiger partial charge in [0.25, 0.3) is 5.91 Å². The zero-order valence-corrected chi connectivity index (χ0v) is 13.1. The number of amides is 1. The molecule has 1 atom stereocenters. The van der Waals surface area contributed by atoms with Crippen LogP contribution >= 0.6 is 23.5 Å². The topological polar surface area (TPSA) is 46.3 Å². The summed E-state index contributed by atoms with van der Waals surface area (Å²) in [5.41, 5.74) is 7.87. The maximum Gasteiger partial charge on any atom is 0.254 e. The molecular weight excluding hydrogens is 288 g/mol. The van der Waals surface area contributed by atoms with Gasteiger partial charge in [0.1, 0.15) is 0 Å². The van der Waals surface area contributed by atoms with Crippen LogP contribution in [0.1, 0.15) is 33.3 Å². The number of hydrogen-bond acceptors (Lipinski definition) is 4. The summed E-state index contributed by atoms with van der Waals surface area (Å²) in [6, 6.07) is 8.39. The van der Waals surface area contributed by atoms with Gasteiger partial charge in [0.05, 0.1) is 4.58 Å². The van der Waals surface area contributed by atoms with E-state index in [9.17, 15) is 4.79 Å². The lowest BCUT2D eigenvalue weighted by atomic mass is 10.1. The van der Waals surface area contributed by atoms with Crippen LogP contribution in [0.15, 0.2) is 24.3 Å². The van der Waals surface area contributed by atoms with E-state index >= 15 is 0 Å². The first-order valence-corrected chi connectivity index (χ1v) is 9.23. The van der Waals surface area contributed by atoms with Crippen molar-refractivity contribution in [3.05, 3.63) is 35.4 Å². The van der Waals surface area contributed by atoms with Crippen molar-refractivity contribution in [3.8, 4) is 0 Å². The summed E-state index contributed by atoms with van der Waals surface area (Å²) >= 11 is 3.98. The second kappa shape index (κ2) is 6.41. The molecule has 1 amide bonds. The molecule has 0 radical (unpaired) electrons. The van der Waals surface area contributed by atoms with Crippen molar-refractivity contribution >= 4 is 29.4 Å². The van der Waals surface area contributed by atoms with Crippen LogP contribution in [0.5, 0.6) is 0 Å². The summed E-state index contributed by atoms with van der Waals surface area (Å²) in [6.45, 7) is 1.41. The normalized spacial score (nSPS) is 23.4. The van der Waals surface area contributed by atoms with Crippen molar-refractivity contribution in [2.24, 2.45) is 5.73 Å². The molecule has 2 aliphatic heterocycles. The molecule has 2 heterocycles. The Morgan fingerprint density at radius 2 is 1.95 bits per heavy atom. The van der Waals surface area contributed by atoms with Crippen LogP contribution < -0.4 is 5.73 Å². The Morgan fingerprint density at radius 1 is 1.25 bits per heavy atom. The number of nitrogens with zero attached hydrogens (tertiary/aromatic N) is 1. The molecule has 108 valence electrons. The van der Waals surface area contributed by atoms with E-state index in [0.29, 0.717) is 11.1 Å². The number of likely N-dealkylation sites (tertiary alicyclic amines) is 1. The quantitative estimate of drug-likeness (QED) is 0.932. The molecule has 0 aromatic heterocycles. The number of benzene rings is 1. The average molecular weight is 308 g/mol. The summed E-state index contributed by atoms with van der Waals surface area (Å²) in [6.07, 6.45) is 2.11. The molecule has 2 N–H and O–H groups in total. The Balaban J connectivity index is 1.72. The Labute approximate surface area is 128 Å². The third kappa shape index (κ3) is 2.85. The van der Waals surface area contributed by atoms with Crippen molar-refractivity contribution in [1.82, 2.24) is 4.90 Å². The smallest absolute Gasteiger partial charge is 0.254 e. The monoisotopic (exact) mass is 308 g/mol. The fraction of sp³-hybridized carbons (Fsp3) is 0.533. The fourth-order valence-electron chi connectivity index (χ4n) is 2.85. The third-order valence-electron chi connectivity index (χ3n) is 3.96. The van der Waals surface area contributed by atoms with Crippen LogP contribution in [-0.4, -0.2) is 41.4 Å². The van der Waals surface area contributed by atoms with Gasteiger partial charge < -0.3 is 10.6 Å². The van der Waals surface area contributed by atoms with Gasteiger partial charge in [-0.1, -0.05) is 12.1 Å². The summed E-state index contributed by atoms with van der Waals surface area (Å²) < 4.78 is 0.544. The molecule has 20 heavy (non-hydrogen) atoms. The highest BCUT2D eigenvalue weighted by atomic mass is 32.2. The largest absolute Gasteiger partial charge is 0.334 e. The fourth-order valence-corrected chi connectivity index (χ4v) is 5.71. The summed E-state index contributed by atoms with van der Waals surface area (Å²) in [4.78, 5) is 14.4. The van der Waals surface area contributed by atoms with Gasteiger partial charge in [-0.2, -0.15) is 0 Å². The number of rotatable bonds is 3. The summed E-state index contributed by atoms with van der Waals surface area (Å²) in [5, 5.41) is 0. The minimum atomic E-state index is 0.135. The van der Waals surface area contributed by atoms with E-state index in [2.05, 4.69) is 12.1 Å². The van der Waals surface area contributed by atoms with Gasteiger partial charge in [-0.3, -0.25) is 4.79 Å². The predicted molar refractivity (Wildman–Crippen MR) is 87.2 cm³/mol. The Morgan fingerprint density at radius 3 is 2.60 bits per heavy atom. The Bertz CT molecular complexity index is 471. The minimum Gasteiger partial charge on any atom is -0.334 e. The molecule has 1 aromatic carbocycles. The van der Waals surface area contributed by atoms with Crippen LogP contribution in [0.3, 0.4) is 0 Å². The van der Waals surface area contributed by atoms with Gasteiger partial charge in [0.15, 0.2) is 0 Å². The first-order valence-electron chi connectivity index (χ1n) is 7.14. The molecule has 2 aliphatic rings. The van der Waals surface area contributed by atoms with E-state index in [1.807, 2.05) is 40.6 Å². The molecule has 5 heteroatoms. The zero-order chi connectivity index (χ0) is 13.9. The zero-order valence-electron chi connectivity index (χ0n) is 11.5. The van der Waals surface area contributed by atoms with Crippen molar-refractivity contribution in [2.45, 2.75) is 23.5 Å². The minimum absolute atomic E-state index is 0.135. The summed E-state index contributed by atoms with van der Waals surface area (Å²) in [5.74, 6) is 2.58. The second-order valence-electron chi connectivity index (χ2n) is 5.23. The van der Waals surface area contributed by atoms with E-state index < -0.39 is 0 Å². The highest BCUT2D eigenvalue weighted by Crippen LogP contribution is 2.45. The van der Waals surface area contributed by atoms with Gasteiger partial charge in [-0.15, -0.1) is 23.5 Å². The van der Waals surface area contributed by atoms with Crippen molar-refractivity contribution in [3.63, 3.8) is 0 Å². The van der Waals surface area contributed by atoms with E-state index in [0.717, 1.165) is 24.9 Å². The molecule has 0 spiro atoms. The first-order chi connectivity index (χ1) is 9.79. The average Bonchev–Trinajstić information content (AvgIpc) is 3.17. The maximum atomic E-state index is 12.5. The van der Waals surface area contributed by atoms with Gasteiger partial charge in [-0.05, 0) is 30.5 Å². The third-order valence-corrected chi connectivity index (χ3v) is 7.07. The number of nitrogens with two attached hydrogens (primary N) is 1. The van der Waals surface area contributed by atoms with Crippen LogP contribution in [0.25, 0.3) is 0 Å². The maximum absolute atomic E-state index is 12.5. The molecule has 1 aromatic rings. The summed E-state index contributed by atoms with van der Waals surface area (Å²) in [7, 11) is 0. The lowest BCUT2D eigenvalue weighted by molar-refractivity contribution is 0.0741. The number of thioether (sulfide) groups is 2. The Hall–Kier alpha value is -0.650. The van der Waals surface area contributed by atoms with Crippen LogP contribution in [0.2, 0.25) is 0 Å². The number of hydrogen-bond donors (Lipinski definition) is 1. The van der Waals surface area contributed by atoms with E-state index in [4.69, 9.17) is 5.73 Å². The number of carbonyl (C=O) groups excluding carboxylic acids is 1. The highest BCUT2D eigenvalue weighted by molar-refractivity contribution is 8.19. The van der Waals surface area contributed by atoms with Gasteiger partial charge in [0.2, 0.25) is 0 Å². The van der Waals surface area contributed by atoms with E-state index in [1.54, 1.807) is 0 Å². The number of carbonyl (C=O) groups is 1. The molecule has 3 nitrogen and oxygen atoms in total. The standard InChI is InChI=1S/C15H20N2OS2/c16-10-13-2-1-7-17(13)14(18)11-3-5-12(6-4-11)15-19-8-9-20-15/h3-6,13,15H,1-2,7-10,16H2. The molecule has 0 saturated carbocycles. The second-order valence-corrected chi connectivity index (χ2v) is 7.95. The molecular formula is C15H20N2OS2. The van der Waals surface area contributed by atoms with Gasteiger partial charge >= 0.3 is 0 Å². The molecule has 0 aliphatic carbocycles. The molecule has 3 rings (SSSR count). The molecule has 2 saturated heterocycles. The molecule has 1 unspecified atom stereocenters. The lowest BCUT2D eigenvalue weighted by Crippen LogP contribution is -2.39. The van der Waals surface area contributed by atoms with Crippen LogP contribution in [-0.2, 0) is 0 Å². The van der Waals surface area contributed by atoms with Crippen molar-refractivity contribution in [1.29, 1.82) is 0 Å².